The van der Waals surface area contributed by atoms with Crippen molar-refractivity contribution in [2.75, 3.05) is 23.4 Å². The Bertz CT molecular complexity index is 999. The molecule has 0 unspecified atom stereocenters. The molecule has 2 aliphatic rings. The zero-order valence-electron chi connectivity index (χ0n) is 14.3. The van der Waals surface area contributed by atoms with Crippen molar-refractivity contribution in [2.45, 2.75) is 25.8 Å². The summed E-state index contributed by atoms with van der Waals surface area (Å²) >= 11 is 1.56. The van der Waals surface area contributed by atoms with Gasteiger partial charge in [-0.1, -0.05) is 0 Å². The lowest BCUT2D eigenvalue weighted by molar-refractivity contribution is -0.129. The maximum atomic E-state index is 12.6. The number of likely N-dealkylation sites (tertiary alicyclic amines) is 1. The predicted octanol–water partition coefficient (Wildman–Crippen LogP) is 1.58. The topological polar surface area (TPSA) is 96.4 Å². The monoisotopic (exact) mass is 393 g/mol. The zero-order chi connectivity index (χ0) is 18.5. The molecule has 9 heteroatoms. The van der Waals surface area contributed by atoms with Gasteiger partial charge in [0.1, 0.15) is 0 Å². The van der Waals surface area contributed by atoms with E-state index in [1.54, 1.807) is 22.3 Å². The molecule has 0 spiro atoms. The van der Waals surface area contributed by atoms with Gasteiger partial charge in [-0.05, 0) is 31.5 Å². The van der Waals surface area contributed by atoms with E-state index < -0.39 is 15.8 Å². The number of carbonyl (C=O) groups is 2. The van der Waals surface area contributed by atoms with Crippen LogP contribution in [0.1, 0.15) is 17.8 Å². The van der Waals surface area contributed by atoms with Crippen LogP contribution in [0.4, 0.5) is 5.69 Å². The van der Waals surface area contributed by atoms with Crippen molar-refractivity contribution in [2.24, 2.45) is 5.92 Å². The number of rotatable bonds is 3. The number of aryl methyl sites for hydroxylation is 1. The second-order valence-corrected chi connectivity index (χ2v) is 10.4. The second-order valence-electron chi connectivity index (χ2n) is 6.91. The molecule has 1 aromatic carbocycles. The van der Waals surface area contributed by atoms with E-state index in [9.17, 15) is 18.0 Å². The van der Waals surface area contributed by atoms with Crippen molar-refractivity contribution < 1.29 is 18.0 Å². The average molecular weight is 393 g/mol. The van der Waals surface area contributed by atoms with Crippen molar-refractivity contribution >= 4 is 48.9 Å². The van der Waals surface area contributed by atoms with E-state index in [1.807, 2.05) is 19.1 Å². The van der Waals surface area contributed by atoms with E-state index in [-0.39, 0.29) is 42.3 Å². The van der Waals surface area contributed by atoms with E-state index in [0.29, 0.717) is 12.1 Å². The fourth-order valence-corrected chi connectivity index (χ4v) is 6.24. The van der Waals surface area contributed by atoms with Gasteiger partial charge in [0.25, 0.3) is 0 Å². The average Bonchev–Trinajstić information content (AvgIpc) is 3.22. The van der Waals surface area contributed by atoms with Crippen LogP contribution in [0, 0.1) is 12.8 Å². The summed E-state index contributed by atoms with van der Waals surface area (Å²) in [5.74, 6) is -0.672. The first-order valence-corrected chi connectivity index (χ1v) is 11.1. The molecule has 0 bridgehead atoms. The molecule has 0 aliphatic carbocycles. The maximum Gasteiger partial charge on any atom is 0.229 e. The lowest BCUT2D eigenvalue weighted by atomic mass is 10.1. The van der Waals surface area contributed by atoms with Crippen LogP contribution in [0.5, 0.6) is 0 Å². The van der Waals surface area contributed by atoms with Crippen LogP contribution in [-0.4, -0.2) is 54.2 Å². The number of aromatic nitrogens is 1. The summed E-state index contributed by atoms with van der Waals surface area (Å²) in [5, 5.41) is 3.84. The van der Waals surface area contributed by atoms with Crippen LogP contribution in [0.25, 0.3) is 10.2 Å². The first kappa shape index (κ1) is 17.4. The number of anilines is 1. The van der Waals surface area contributed by atoms with Gasteiger partial charge in [-0.3, -0.25) is 9.59 Å². The van der Waals surface area contributed by atoms with Gasteiger partial charge in [0.05, 0.1) is 32.6 Å². The number of fused-ring (bicyclic) bond motifs is 1. The fraction of sp³-hybridized carbons (Fsp3) is 0.471. The van der Waals surface area contributed by atoms with Crippen molar-refractivity contribution in [1.82, 2.24) is 9.88 Å². The molecule has 2 saturated heterocycles. The van der Waals surface area contributed by atoms with Crippen LogP contribution in [0.15, 0.2) is 18.2 Å². The number of nitrogens with zero attached hydrogens (tertiary/aromatic N) is 2. The molecule has 4 rings (SSSR count). The number of benzene rings is 1. The zero-order valence-corrected chi connectivity index (χ0v) is 15.9. The summed E-state index contributed by atoms with van der Waals surface area (Å²) in [5.41, 5.74) is 1.58. The number of hydrogen-bond donors (Lipinski definition) is 1. The molecule has 2 fully saturated rings. The largest absolute Gasteiger partial charge is 0.338 e. The Morgan fingerprint density at radius 1 is 1.38 bits per heavy atom. The molecular formula is C17H19N3O4S2. The number of thiazole rings is 1. The number of hydrogen-bond acceptors (Lipinski definition) is 6. The van der Waals surface area contributed by atoms with Crippen LogP contribution in [0.2, 0.25) is 0 Å². The summed E-state index contributed by atoms with van der Waals surface area (Å²) in [7, 11) is -3.06. The minimum atomic E-state index is -3.06. The highest BCUT2D eigenvalue weighted by molar-refractivity contribution is 7.91. The lowest BCUT2D eigenvalue weighted by Crippen LogP contribution is -2.38. The van der Waals surface area contributed by atoms with Crippen LogP contribution >= 0.6 is 11.3 Å². The van der Waals surface area contributed by atoms with Crippen LogP contribution in [0.3, 0.4) is 0 Å². The summed E-state index contributed by atoms with van der Waals surface area (Å²) < 4.78 is 24.3. The SMILES string of the molecule is Cc1nc2ccc(NC(=O)[C@@H]3CC(=O)N([C@@H]4CCS(=O)(=O)C4)C3)cc2s1. The molecule has 1 aromatic heterocycles. The number of carbonyl (C=O) groups excluding carboxylic acids is 2. The summed E-state index contributed by atoms with van der Waals surface area (Å²) in [6.45, 7) is 2.22. The first-order chi connectivity index (χ1) is 12.3. The highest BCUT2D eigenvalue weighted by Gasteiger charge is 2.41. The van der Waals surface area contributed by atoms with Crippen molar-refractivity contribution in [3.8, 4) is 0 Å². The Balaban J connectivity index is 1.44. The van der Waals surface area contributed by atoms with Gasteiger partial charge < -0.3 is 10.2 Å². The summed E-state index contributed by atoms with van der Waals surface area (Å²) in [6, 6.07) is 5.26. The summed E-state index contributed by atoms with van der Waals surface area (Å²) in [6.07, 6.45) is 0.591. The predicted molar refractivity (Wildman–Crippen MR) is 99.9 cm³/mol. The van der Waals surface area contributed by atoms with Gasteiger partial charge in [0.15, 0.2) is 9.84 Å². The Morgan fingerprint density at radius 2 is 2.19 bits per heavy atom. The van der Waals surface area contributed by atoms with Crippen molar-refractivity contribution in [3.05, 3.63) is 23.2 Å². The van der Waals surface area contributed by atoms with E-state index in [1.165, 1.54) is 0 Å². The summed E-state index contributed by atoms with van der Waals surface area (Å²) in [4.78, 5) is 30.8. The van der Waals surface area contributed by atoms with Gasteiger partial charge in [0.2, 0.25) is 11.8 Å². The third kappa shape index (κ3) is 3.33. The molecule has 26 heavy (non-hydrogen) atoms. The molecule has 7 nitrogen and oxygen atoms in total. The number of amides is 2. The molecule has 2 aromatic rings. The highest BCUT2D eigenvalue weighted by Crippen LogP contribution is 2.28. The van der Waals surface area contributed by atoms with Gasteiger partial charge in [0, 0.05) is 24.7 Å². The smallest absolute Gasteiger partial charge is 0.229 e. The quantitative estimate of drug-likeness (QED) is 0.854. The van der Waals surface area contributed by atoms with Crippen LogP contribution < -0.4 is 5.32 Å². The molecule has 1 N–H and O–H groups in total. The minimum absolute atomic E-state index is 0.00841. The molecule has 3 heterocycles. The molecule has 0 saturated carbocycles. The van der Waals surface area contributed by atoms with E-state index >= 15 is 0 Å². The molecule has 2 aliphatic heterocycles. The molecular weight excluding hydrogens is 374 g/mol. The van der Waals surface area contributed by atoms with E-state index in [4.69, 9.17) is 0 Å². The number of sulfone groups is 1. The first-order valence-electron chi connectivity index (χ1n) is 8.49. The molecule has 2 atom stereocenters. The second kappa shape index (κ2) is 6.31. The fourth-order valence-electron chi connectivity index (χ4n) is 3.64. The third-order valence-electron chi connectivity index (χ3n) is 4.94. The molecule has 2 amide bonds. The van der Waals surface area contributed by atoms with Gasteiger partial charge in [-0.25, -0.2) is 13.4 Å². The van der Waals surface area contributed by atoms with Gasteiger partial charge in [-0.15, -0.1) is 11.3 Å². The van der Waals surface area contributed by atoms with E-state index in [2.05, 4.69) is 10.3 Å². The molecule has 138 valence electrons. The highest BCUT2D eigenvalue weighted by atomic mass is 32.2. The van der Waals surface area contributed by atoms with Crippen LogP contribution in [-0.2, 0) is 19.4 Å². The number of nitrogens with one attached hydrogen (secondary N) is 1. The Labute approximate surface area is 155 Å². The Kier molecular flexibility index (Phi) is 4.23. The Morgan fingerprint density at radius 3 is 2.92 bits per heavy atom. The normalized spacial score (nSPS) is 25.1. The minimum Gasteiger partial charge on any atom is -0.338 e. The standard InChI is InChI=1S/C17H19N3O4S2/c1-10-18-14-3-2-12(7-15(14)25-10)19-17(22)11-6-16(21)20(8-11)13-4-5-26(23,24)9-13/h2-3,7,11,13H,4-6,8-9H2,1H3,(H,19,22)/t11-,13-/m1/s1. The molecule has 0 radical (unpaired) electrons. The van der Waals surface area contributed by atoms with Crippen molar-refractivity contribution in [1.29, 1.82) is 0 Å². The maximum absolute atomic E-state index is 12.6. The van der Waals surface area contributed by atoms with Gasteiger partial charge in [-0.2, -0.15) is 0 Å². The van der Waals surface area contributed by atoms with E-state index in [0.717, 1.165) is 15.2 Å². The lowest BCUT2D eigenvalue weighted by Gasteiger charge is -2.22. The van der Waals surface area contributed by atoms with Crippen molar-refractivity contribution in [3.63, 3.8) is 0 Å². The Hall–Kier alpha value is -2.00. The third-order valence-corrected chi connectivity index (χ3v) is 7.63. The van der Waals surface area contributed by atoms with Gasteiger partial charge >= 0.3 is 0 Å².